The van der Waals surface area contributed by atoms with Crippen molar-refractivity contribution in [1.82, 2.24) is 4.57 Å². The van der Waals surface area contributed by atoms with E-state index in [1.165, 1.54) is 14.2 Å². The fraction of sp³-hybridized carbons (Fsp3) is 0.500. The third-order valence-corrected chi connectivity index (χ3v) is 14.6. The van der Waals surface area contributed by atoms with Gasteiger partial charge in [0.2, 0.25) is 5.43 Å². The average Bonchev–Trinajstić information content (AvgIpc) is 2.99. The van der Waals surface area contributed by atoms with Gasteiger partial charge in [0.05, 0.1) is 35.5 Å². The molecule has 0 bridgehead atoms. The standard InChI is InChI=1S/C34H46BrNO7Si/c1-23(37)20-27-31(39)34(5,32(42-22-40-6)28-30(41-7)29(38)26(35)21-36(27)28)18-19-43-44(33(2,3)4,24-14-10-8-11-15-24)25-16-12-9-13-17-25/h8-17,21,23,27,31-32,37,39H,18-20,22H2,1-7H3. The lowest BCUT2D eigenvalue weighted by Gasteiger charge is -2.51. The molecule has 240 valence electrons. The molecule has 4 rings (SSSR count). The molecule has 5 unspecified atom stereocenters. The third kappa shape index (κ3) is 6.35. The first-order valence-corrected chi connectivity index (χ1v) is 17.7. The van der Waals surface area contributed by atoms with Crippen molar-refractivity contribution in [3.63, 3.8) is 0 Å². The lowest BCUT2D eigenvalue weighted by molar-refractivity contribution is -0.180. The van der Waals surface area contributed by atoms with Crippen molar-refractivity contribution in [1.29, 1.82) is 0 Å². The molecule has 44 heavy (non-hydrogen) atoms. The normalized spacial score (nSPS) is 22.8. The van der Waals surface area contributed by atoms with E-state index >= 15 is 0 Å². The summed E-state index contributed by atoms with van der Waals surface area (Å²) in [6.45, 7) is 10.6. The van der Waals surface area contributed by atoms with Gasteiger partial charge in [0.15, 0.2) is 5.75 Å². The summed E-state index contributed by atoms with van der Waals surface area (Å²) < 4.78 is 26.6. The Kier molecular flexibility index (Phi) is 11.0. The van der Waals surface area contributed by atoms with Gasteiger partial charge in [-0.1, -0.05) is 88.4 Å². The van der Waals surface area contributed by atoms with E-state index in [9.17, 15) is 15.0 Å². The Labute approximate surface area is 270 Å². The Morgan fingerprint density at radius 3 is 2.09 bits per heavy atom. The Bertz CT molecular complexity index is 1400. The van der Waals surface area contributed by atoms with Gasteiger partial charge >= 0.3 is 0 Å². The van der Waals surface area contributed by atoms with Gasteiger partial charge in [-0.25, -0.2) is 0 Å². The van der Waals surface area contributed by atoms with Gasteiger partial charge in [-0.2, -0.15) is 0 Å². The highest BCUT2D eigenvalue weighted by atomic mass is 79.9. The van der Waals surface area contributed by atoms with Crippen molar-refractivity contribution in [2.24, 2.45) is 5.41 Å². The molecule has 0 spiro atoms. The summed E-state index contributed by atoms with van der Waals surface area (Å²) in [7, 11) is 0.128. The van der Waals surface area contributed by atoms with Crippen LogP contribution in [0.25, 0.3) is 0 Å². The molecule has 0 fully saturated rings. The van der Waals surface area contributed by atoms with E-state index in [-0.39, 0.29) is 29.4 Å². The third-order valence-electron chi connectivity index (χ3n) is 8.95. The van der Waals surface area contributed by atoms with Crippen molar-refractivity contribution in [3.8, 4) is 5.75 Å². The zero-order chi connectivity index (χ0) is 32.3. The molecule has 5 atom stereocenters. The molecule has 2 N–H and O–H groups in total. The second-order valence-electron chi connectivity index (χ2n) is 12.9. The SMILES string of the molecule is COCOC1c2c(OC)c(=O)c(Br)cn2C(CC(C)O)C(O)C1(C)CCO[Si](c1ccccc1)(c1ccccc1)C(C)(C)C. The Balaban J connectivity index is 1.84. The summed E-state index contributed by atoms with van der Waals surface area (Å²) >= 11 is 3.37. The molecule has 0 saturated heterocycles. The van der Waals surface area contributed by atoms with Crippen LogP contribution >= 0.6 is 15.9 Å². The van der Waals surface area contributed by atoms with Gasteiger partial charge in [0, 0.05) is 25.3 Å². The topological polar surface area (TPSA) is 99.4 Å². The molecular formula is C34H46BrNO7Si. The molecule has 8 nitrogen and oxygen atoms in total. The van der Waals surface area contributed by atoms with Gasteiger partial charge < -0.3 is 33.4 Å². The highest BCUT2D eigenvalue weighted by Crippen LogP contribution is 2.53. The summed E-state index contributed by atoms with van der Waals surface area (Å²) in [6, 6.07) is 20.3. The molecule has 0 radical (unpaired) electrons. The van der Waals surface area contributed by atoms with Gasteiger partial charge in [-0.05, 0) is 51.1 Å². The van der Waals surface area contributed by atoms with Gasteiger partial charge in [-0.15, -0.1) is 0 Å². The molecule has 0 aliphatic carbocycles. The zero-order valence-corrected chi connectivity index (χ0v) is 29.3. The number of pyridine rings is 1. The first-order chi connectivity index (χ1) is 20.8. The van der Waals surface area contributed by atoms with Crippen LogP contribution in [0.1, 0.15) is 65.3 Å². The monoisotopic (exact) mass is 687 g/mol. The second-order valence-corrected chi connectivity index (χ2v) is 18.1. The number of rotatable bonds is 12. The number of methoxy groups -OCH3 is 2. The van der Waals surface area contributed by atoms with E-state index in [1.54, 1.807) is 13.1 Å². The molecule has 2 heterocycles. The van der Waals surface area contributed by atoms with Crippen molar-refractivity contribution < 1.29 is 28.8 Å². The highest BCUT2D eigenvalue weighted by molar-refractivity contribution is 9.10. The molecule has 2 aromatic carbocycles. The van der Waals surface area contributed by atoms with Crippen LogP contribution in [-0.2, 0) is 13.9 Å². The first kappa shape index (κ1) is 34.6. The minimum atomic E-state index is -2.86. The lowest BCUT2D eigenvalue weighted by atomic mass is 9.68. The number of aliphatic hydroxyl groups is 2. The van der Waals surface area contributed by atoms with Crippen LogP contribution in [0.2, 0.25) is 5.04 Å². The highest BCUT2D eigenvalue weighted by Gasteiger charge is 2.55. The minimum Gasteiger partial charge on any atom is -0.491 e. The predicted molar refractivity (Wildman–Crippen MR) is 178 cm³/mol. The number of aliphatic hydroxyl groups excluding tert-OH is 2. The van der Waals surface area contributed by atoms with Crippen LogP contribution in [-0.4, -0.2) is 62.9 Å². The Hall–Kier alpha value is -2.31. The van der Waals surface area contributed by atoms with Gasteiger partial charge in [0.25, 0.3) is 8.32 Å². The van der Waals surface area contributed by atoms with Crippen LogP contribution in [0.5, 0.6) is 5.75 Å². The molecule has 1 aromatic heterocycles. The molecule has 1 aliphatic rings. The summed E-state index contributed by atoms with van der Waals surface area (Å²) in [4.78, 5) is 13.3. The van der Waals surface area contributed by atoms with Gasteiger partial charge in [-0.3, -0.25) is 4.79 Å². The van der Waals surface area contributed by atoms with Crippen LogP contribution in [0.3, 0.4) is 0 Å². The van der Waals surface area contributed by atoms with Crippen LogP contribution in [0.4, 0.5) is 0 Å². The second kappa shape index (κ2) is 14.0. The van der Waals surface area contributed by atoms with E-state index in [1.807, 2.05) is 23.6 Å². The fourth-order valence-corrected chi connectivity index (χ4v) is 11.8. The van der Waals surface area contributed by atoms with E-state index in [2.05, 4.69) is 85.2 Å². The Morgan fingerprint density at radius 1 is 1.05 bits per heavy atom. The maximum Gasteiger partial charge on any atom is 0.261 e. The van der Waals surface area contributed by atoms with E-state index in [0.29, 0.717) is 23.2 Å². The fourth-order valence-electron chi connectivity index (χ4n) is 6.84. The molecule has 1 aliphatic heterocycles. The summed E-state index contributed by atoms with van der Waals surface area (Å²) in [5.74, 6) is 0.127. The molecule has 0 saturated carbocycles. The maximum absolute atomic E-state index is 13.3. The number of hydrogen-bond donors (Lipinski definition) is 2. The zero-order valence-electron chi connectivity index (χ0n) is 26.7. The quantitative estimate of drug-likeness (QED) is 0.206. The van der Waals surface area contributed by atoms with Crippen molar-refractivity contribution >= 4 is 34.6 Å². The minimum absolute atomic E-state index is 0.0585. The number of halogens is 1. The molecule has 10 heteroatoms. The molecule has 3 aromatic rings. The summed E-state index contributed by atoms with van der Waals surface area (Å²) in [6.07, 6.45) is -0.140. The van der Waals surface area contributed by atoms with E-state index < -0.39 is 38.1 Å². The smallest absolute Gasteiger partial charge is 0.261 e. The number of hydrogen-bond acceptors (Lipinski definition) is 7. The van der Waals surface area contributed by atoms with Crippen LogP contribution in [0.15, 0.2) is 76.1 Å². The Morgan fingerprint density at radius 2 is 1.61 bits per heavy atom. The van der Waals surface area contributed by atoms with Crippen molar-refractivity contribution in [3.05, 3.63) is 87.3 Å². The number of benzene rings is 2. The molecular weight excluding hydrogens is 642 g/mol. The number of ether oxygens (including phenoxy) is 3. The van der Waals surface area contributed by atoms with Crippen molar-refractivity contribution in [2.75, 3.05) is 27.6 Å². The predicted octanol–water partition coefficient (Wildman–Crippen LogP) is 4.94. The number of nitrogens with zero attached hydrogens (tertiary/aromatic N) is 1. The summed E-state index contributed by atoms with van der Waals surface area (Å²) in [5.41, 5.74) is -0.763. The van der Waals surface area contributed by atoms with Gasteiger partial charge in [0.1, 0.15) is 12.9 Å². The van der Waals surface area contributed by atoms with E-state index in [4.69, 9.17) is 18.6 Å². The number of aromatic nitrogens is 1. The van der Waals surface area contributed by atoms with E-state index in [0.717, 1.165) is 10.4 Å². The maximum atomic E-state index is 13.3. The lowest BCUT2D eigenvalue weighted by Crippen LogP contribution is -2.66. The molecule has 0 amide bonds. The number of fused-ring (bicyclic) bond motifs is 1. The van der Waals surface area contributed by atoms with Crippen LogP contribution < -0.4 is 20.5 Å². The summed E-state index contributed by atoms with van der Waals surface area (Å²) in [5, 5.41) is 24.8. The first-order valence-electron chi connectivity index (χ1n) is 15.0. The van der Waals surface area contributed by atoms with Crippen LogP contribution in [0, 0.1) is 5.41 Å². The largest absolute Gasteiger partial charge is 0.491 e. The van der Waals surface area contributed by atoms with Crippen molar-refractivity contribution in [2.45, 2.75) is 76.9 Å². The average molecular weight is 689 g/mol.